The first-order valence-corrected chi connectivity index (χ1v) is 7.23. The van der Waals surface area contributed by atoms with Gasteiger partial charge in [-0.05, 0) is 36.5 Å². The monoisotopic (exact) mass is 274 g/mol. The van der Waals surface area contributed by atoms with Crippen LogP contribution in [0.25, 0.3) is 0 Å². The molecule has 1 fully saturated rings. The fourth-order valence-corrected chi connectivity index (χ4v) is 3.07. The standard InChI is InChI=1S/C11H15ClN2O2S/c1-11(4-5-11)7-14-17(15,16)10-6-8(12)2-3-9(10)13/h2-3,6,14H,4-5,7,13H2,1H3. The van der Waals surface area contributed by atoms with E-state index in [-0.39, 0.29) is 16.0 Å². The summed E-state index contributed by atoms with van der Waals surface area (Å²) in [4.78, 5) is 0.0502. The van der Waals surface area contributed by atoms with Crippen molar-refractivity contribution >= 4 is 27.3 Å². The maximum atomic E-state index is 12.0. The van der Waals surface area contributed by atoms with E-state index in [1.807, 2.05) is 0 Å². The molecule has 94 valence electrons. The Morgan fingerprint density at radius 3 is 2.71 bits per heavy atom. The zero-order valence-corrected chi connectivity index (χ0v) is 11.1. The molecule has 1 aliphatic rings. The lowest BCUT2D eigenvalue weighted by atomic mass is 10.2. The lowest BCUT2D eigenvalue weighted by Crippen LogP contribution is -2.29. The maximum absolute atomic E-state index is 12.0. The summed E-state index contributed by atoms with van der Waals surface area (Å²) in [6.07, 6.45) is 2.11. The van der Waals surface area contributed by atoms with E-state index >= 15 is 0 Å². The van der Waals surface area contributed by atoms with E-state index in [0.717, 1.165) is 12.8 Å². The quantitative estimate of drug-likeness (QED) is 0.825. The zero-order chi connectivity index (χ0) is 12.7. The minimum absolute atomic E-state index is 0.0502. The van der Waals surface area contributed by atoms with Crippen molar-refractivity contribution in [1.29, 1.82) is 0 Å². The van der Waals surface area contributed by atoms with Crippen LogP contribution in [0.4, 0.5) is 5.69 Å². The summed E-state index contributed by atoms with van der Waals surface area (Å²) < 4.78 is 26.6. The predicted molar refractivity (Wildman–Crippen MR) is 68.4 cm³/mol. The highest BCUT2D eigenvalue weighted by Crippen LogP contribution is 2.44. The van der Waals surface area contributed by atoms with Crippen molar-refractivity contribution < 1.29 is 8.42 Å². The molecular formula is C11H15ClN2O2S. The maximum Gasteiger partial charge on any atom is 0.242 e. The highest BCUT2D eigenvalue weighted by Gasteiger charge is 2.38. The Hall–Kier alpha value is -0.780. The number of nitrogens with two attached hydrogens (primary N) is 1. The van der Waals surface area contributed by atoms with E-state index < -0.39 is 10.0 Å². The Morgan fingerprint density at radius 2 is 2.12 bits per heavy atom. The molecule has 17 heavy (non-hydrogen) atoms. The number of hydrogen-bond donors (Lipinski definition) is 2. The van der Waals surface area contributed by atoms with Crippen LogP contribution in [-0.4, -0.2) is 15.0 Å². The summed E-state index contributed by atoms with van der Waals surface area (Å²) in [5.41, 5.74) is 5.98. The lowest BCUT2D eigenvalue weighted by Gasteiger charge is -2.12. The smallest absolute Gasteiger partial charge is 0.242 e. The molecule has 0 radical (unpaired) electrons. The van der Waals surface area contributed by atoms with Gasteiger partial charge in [-0.25, -0.2) is 13.1 Å². The molecule has 0 aromatic heterocycles. The van der Waals surface area contributed by atoms with Crippen LogP contribution in [0.3, 0.4) is 0 Å². The highest BCUT2D eigenvalue weighted by atomic mass is 35.5. The number of nitrogen functional groups attached to an aromatic ring is 1. The minimum atomic E-state index is -3.57. The van der Waals surface area contributed by atoms with Gasteiger partial charge in [-0.15, -0.1) is 0 Å². The number of hydrogen-bond acceptors (Lipinski definition) is 3. The number of benzene rings is 1. The highest BCUT2D eigenvalue weighted by molar-refractivity contribution is 7.89. The molecule has 0 saturated heterocycles. The van der Waals surface area contributed by atoms with E-state index in [2.05, 4.69) is 11.6 Å². The first-order valence-electron chi connectivity index (χ1n) is 5.37. The molecule has 0 atom stereocenters. The third-order valence-corrected chi connectivity index (χ3v) is 4.75. The number of sulfonamides is 1. The summed E-state index contributed by atoms with van der Waals surface area (Å²) in [5, 5.41) is 0.359. The van der Waals surface area contributed by atoms with E-state index in [1.54, 1.807) is 6.07 Å². The Kier molecular flexibility index (Phi) is 3.10. The number of nitrogens with one attached hydrogen (secondary N) is 1. The van der Waals surface area contributed by atoms with Gasteiger partial charge in [0.1, 0.15) is 4.90 Å². The molecule has 1 aliphatic carbocycles. The number of rotatable bonds is 4. The molecule has 1 saturated carbocycles. The normalized spacial score (nSPS) is 18.0. The van der Waals surface area contributed by atoms with Crippen LogP contribution in [0.15, 0.2) is 23.1 Å². The SMILES string of the molecule is CC1(CNS(=O)(=O)c2cc(Cl)ccc2N)CC1. The molecule has 0 spiro atoms. The molecule has 0 heterocycles. The van der Waals surface area contributed by atoms with E-state index in [9.17, 15) is 8.42 Å². The van der Waals surface area contributed by atoms with Gasteiger partial charge in [-0.3, -0.25) is 0 Å². The summed E-state index contributed by atoms with van der Waals surface area (Å²) in [6, 6.07) is 4.43. The molecule has 0 unspecified atom stereocenters. The summed E-state index contributed by atoms with van der Waals surface area (Å²) in [6.45, 7) is 2.50. The van der Waals surface area contributed by atoms with Crippen LogP contribution in [0.5, 0.6) is 0 Å². The Labute approximate surface area is 106 Å². The van der Waals surface area contributed by atoms with Gasteiger partial charge in [0.25, 0.3) is 0 Å². The molecule has 0 aliphatic heterocycles. The van der Waals surface area contributed by atoms with Crippen molar-refractivity contribution in [3.05, 3.63) is 23.2 Å². The fourth-order valence-electron chi connectivity index (χ4n) is 1.48. The van der Waals surface area contributed by atoms with Gasteiger partial charge in [0, 0.05) is 11.6 Å². The molecule has 0 amide bonds. The van der Waals surface area contributed by atoms with Gasteiger partial charge in [-0.1, -0.05) is 18.5 Å². The average Bonchev–Trinajstić information content (AvgIpc) is 2.98. The van der Waals surface area contributed by atoms with Gasteiger partial charge in [0.2, 0.25) is 10.0 Å². The second-order valence-electron chi connectivity index (χ2n) is 4.82. The predicted octanol–water partition coefficient (Wildman–Crippen LogP) is 2.00. The number of halogens is 1. The van der Waals surface area contributed by atoms with Gasteiger partial charge in [0.05, 0.1) is 5.69 Å². The van der Waals surface area contributed by atoms with Crippen LogP contribution in [0.2, 0.25) is 5.02 Å². The first-order chi connectivity index (χ1) is 7.82. The molecular weight excluding hydrogens is 260 g/mol. The molecule has 0 bridgehead atoms. The average molecular weight is 275 g/mol. The van der Waals surface area contributed by atoms with Crippen LogP contribution < -0.4 is 10.5 Å². The summed E-state index contributed by atoms with van der Waals surface area (Å²) in [7, 11) is -3.57. The molecule has 2 rings (SSSR count). The van der Waals surface area contributed by atoms with Gasteiger partial charge in [-0.2, -0.15) is 0 Å². The molecule has 4 nitrogen and oxygen atoms in total. The topological polar surface area (TPSA) is 72.2 Å². The summed E-state index contributed by atoms with van der Waals surface area (Å²) in [5.74, 6) is 0. The van der Waals surface area contributed by atoms with Crippen LogP contribution in [0.1, 0.15) is 19.8 Å². The van der Waals surface area contributed by atoms with Gasteiger partial charge < -0.3 is 5.73 Å². The molecule has 3 N–H and O–H groups in total. The third kappa shape index (κ3) is 2.91. The van der Waals surface area contributed by atoms with Crippen LogP contribution in [-0.2, 0) is 10.0 Å². The van der Waals surface area contributed by atoms with E-state index in [4.69, 9.17) is 17.3 Å². The van der Waals surface area contributed by atoms with Crippen molar-refractivity contribution in [2.45, 2.75) is 24.7 Å². The second-order valence-corrected chi connectivity index (χ2v) is 6.99. The molecule has 1 aromatic rings. The minimum Gasteiger partial charge on any atom is -0.398 e. The fraction of sp³-hybridized carbons (Fsp3) is 0.455. The lowest BCUT2D eigenvalue weighted by molar-refractivity contribution is 0.530. The van der Waals surface area contributed by atoms with Crippen molar-refractivity contribution in [1.82, 2.24) is 4.72 Å². The van der Waals surface area contributed by atoms with Crippen LogP contribution >= 0.6 is 11.6 Å². The Bertz CT molecular complexity index is 538. The summed E-state index contributed by atoms with van der Waals surface area (Å²) >= 11 is 5.78. The van der Waals surface area contributed by atoms with Crippen molar-refractivity contribution in [3.63, 3.8) is 0 Å². The van der Waals surface area contributed by atoms with Crippen LogP contribution in [0, 0.1) is 5.41 Å². The Balaban J connectivity index is 2.21. The van der Waals surface area contributed by atoms with Crippen molar-refractivity contribution in [2.24, 2.45) is 5.41 Å². The van der Waals surface area contributed by atoms with Crippen molar-refractivity contribution in [2.75, 3.05) is 12.3 Å². The Morgan fingerprint density at radius 1 is 1.47 bits per heavy atom. The van der Waals surface area contributed by atoms with E-state index in [0.29, 0.717) is 11.6 Å². The zero-order valence-electron chi connectivity index (χ0n) is 9.53. The van der Waals surface area contributed by atoms with Crippen molar-refractivity contribution in [3.8, 4) is 0 Å². The largest absolute Gasteiger partial charge is 0.398 e. The number of anilines is 1. The second kappa shape index (κ2) is 4.15. The van der Waals surface area contributed by atoms with Gasteiger partial charge >= 0.3 is 0 Å². The third-order valence-electron chi connectivity index (χ3n) is 3.06. The van der Waals surface area contributed by atoms with E-state index in [1.165, 1.54) is 12.1 Å². The molecule has 6 heteroatoms. The first kappa shape index (κ1) is 12.7. The molecule has 1 aromatic carbocycles. The van der Waals surface area contributed by atoms with Gasteiger partial charge in [0.15, 0.2) is 0 Å².